The zero-order valence-electron chi connectivity index (χ0n) is 14.8. The number of thiophene rings is 1. The van der Waals surface area contributed by atoms with E-state index in [2.05, 4.69) is 47.0 Å². The van der Waals surface area contributed by atoms with E-state index in [4.69, 9.17) is 4.74 Å². The molecule has 0 aliphatic carbocycles. The fourth-order valence-electron chi connectivity index (χ4n) is 1.96. The van der Waals surface area contributed by atoms with Gasteiger partial charge in [0.15, 0.2) is 5.96 Å². The Kier molecular flexibility index (Phi) is 8.09. The van der Waals surface area contributed by atoms with Crippen LogP contribution in [-0.2, 0) is 14.9 Å². The minimum atomic E-state index is -0.192. The molecule has 0 fully saturated rings. The lowest BCUT2D eigenvalue weighted by Gasteiger charge is -2.21. The molecule has 0 bridgehead atoms. The van der Waals surface area contributed by atoms with Gasteiger partial charge < -0.3 is 15.4 Å². The Morgan fingerprint density at radius 1 is 1.39 bits per heavy atom. The molecule has 0 saturated carbocycles. The quantitative estimate of drug-likeness (QED) is 0.434. The second-order valence-electron chi connectivity index (χ2n) is 6.27. The Balaban J connectivity index is 2.52. The van der Waals surface area contributed by atoms with Crippen LogP contribution in [0.25, 0.3) is 0 Å². The zero-order chi connectivity index (χ0) is 17.3. The molecule has 6 heteroatoms. The van der Waals surface area contributed by atoms with Crippen molar-refractivity contribution in [2.75, 3.05) is 19.6 Å². The highest BCUT2D eigenvalue weighted by molar-refractivity contribution is 7.10. The van der Waals surface area contributed by atoms with Gasteiger partial charge in [-0.1, -0.05) is 19.9 Å². The van der Waals surface area contributed by atoms with Crippen molar-refractivity contribution in [3.8, 4) is 0 Å². The van der Waals surface area contributed by atoms with Gasteiger partial charge in [-0.2, -0.15) is 0 Å². The van der Waals surface area contributed by atoms with Gasteiger partial charge in [-0.15, -0.1) is 11.3 Å². The third-order valence-corrected chi connectivity index (χ3v) is 4.39. The summed E-state index contributed by atoms with van der Waals surface area (Å²) >= 11 is 1.75. The van der Waals surface area contributed by atoms with Gasteiger partial charge in [0.1, 0.15) is 0 Å². The molecule has 1 heterocycles. The molecule has 1 aromatic heterocycles. The van der Waals surface area contributed by atoms with Crippen molar-refractivity contribution in [2.24, 2.45) is 4.99 Å². The van der Waals surface area contributed by atoms with Crippen LogP contribution in [0.15, 0.2) is 22.5 Å². The number of aliphatic imine (C=N–C) groups is 1. The van der Waals surface area contributed by atoms with Gasteiger partial charge in [0, 0.05) is 23.4 Å². The number of ether oxygens (including phenoxy) is 1. The molecule has 0 radical (unpaired) electrons. The third-order valence-electron chi connectivity index (χ3n) is 3.15. The van der Waals surface area contributed by atoms with Crippen LogP contribution in [0.2, 0.25) is 0 Å². The number of carbonyl (C=O) groups is 1. The smallest absolute Gasteiger partial charge is 0.307 e. The number of carbonyl (C=O) groups excluding carboxylic acids is 1. The molecule has 0 saturated heterocycles. The van der Waals surface area contributed by atoms with Gasteiger partial charge in [-0.25, -0.2) is 0 Å². The van der Waals surface area contributed by atoms with Crippen molar-refractivity contribution in [3.05, 3.63) is 22.4 Å². The van der Waals surface area contributed by atoms with Gasteiger partial charge in [-0.3, -0.25) is 9.79 Å². The van der Waals surface area contributed by atoms with Gasteiger partial charge in [-0.05, 0) is 32.2 Å². The molecule has 2 N–H and O–H groups in total. The second kappa shape index (κ2) is 9.55. The Morgan fingerprint density at radius 3 is 2.70 bits per heavy atom. The predicted octanol–water partition coefficient (Wildman–Crippen LogP) is 2.92. The molecule has 0 aromatic carbocycles. The number of nitrogens with zero attached hydrogens (tertiary/aromatic N) is 1. The molecule has 1 aromatic rings. The zero-order valence-corrected chi connectivity index (χ0v) is 15.6. The van der Waals surface area contributed by atoms with Crippen molar-refractivity contribution in [3.63, 3.8) is 0 Å². The Hall–Kier alpha value is -1.56. The topological polar surface area (TPSA) is 62.7 Å². The maximum atomic E-state index is 11.5. The van der Waals surface area contributed by atoms with E-state index >= 15 is 0 Å². The molecule has 0 amide bonds. The molecular formula is C17H29N3O2S. The number of esters is 1. The van der Waals surface area contributed by atoms with E-state index < -0.39 is 0 Å². The van der Waals surface area contributed by atoms with Crippen LogP contribution in [0.1, 0.15) is 45.9 Å². The van der Waals surface area contributed by atoms with E-state index in [0.29, 0.717) is 19.5 Å². The van der Waals surface area contributed by atoms with E-state index in [1.165, 1.54) is 4.88 Å². The first-order valence-electron chi connectivity index (χ1n) is 8.10. The number of nitrogens with one attached hydrogen (secondary N) is 2. The summed E-state index contributed by atoms with van der Waals surface area (Å²) in [5.41, 5.74) is -0.00685. The van der Waals surface area contributed by atoms with E-state index in [0.717, 1.165) is 12.5 Å². The number of rotatable bonds is 8. The summed E-state index contributed by atoms with van der Waals surface area (Å²) in [6, 6.07) is 4.21. The highest BCUT2D eigenvalue weighted by Crippen LogP contribution is 2.27. The van der Waals surface area contributed by atoms with Crippen LogP contribution >= 0.6 is 11.3 Å². The molecule has 23 heavy (non-hydrogen) atoms. The lowest BCUT2D eigenvalue weighted by molar-refractivity contribution is -0.147. The first-order chi connectivity index (χ1) is 10.8. The number of hydrogen-bond donors (Lipinski definition) is 2. The molecule has 0 aliphatic heterocycles. The van der Waals surface area contributed by atoms with E-state index in [-0.39, 0.29) is 17.5 Å². The SMILES string of the molecule is CCNC(=NCC(C)(C)c1cccs1)NCCC(=O)OC(C)C. The summed E-state index contributed by atoms with van der Waals surface area (Å²) in [4.78, 5) is 17.5. The third kappa shape index (κ3) is 7.50. The highest BCUT2D eigenvalue weighted by Gasteiger charge is 2.21. The van der Waals surface area contributed by atoms with Gasteiger partial charge >= 0.3 is 5.97 Å². The summed E-state index contributed by atoms with van der Waals surface area (Å²) in [5.74, 6) is 0.539. The van der Waals surface area contributed by atoms with Gasteiger partial charge in [0.25, 0.3) is 0 Å². The normalized spacial score (nSPS) is 12.3. The number of guanidine groups is 1. The first kappa shape index (κ1) is 19.5. The second-order valence-corrected chi connectivity index (χ2v) is 7.22. The molecule has 1 rings (SSSR count). The minimum Gasteiger partial charge on any atom is -0.463 e. The van der Waals surface area contributed by atoms with E-state index in [1.54, 1.807) is 11.3 Å². The van der Waals surface area contributed by atoms with E-state index in [9.17, 15) is 4.79 Å². The lowest BCUT2D eigenvalue weighted by atomic mass is 9.92. The predicted molar refractivity (Wildman–Crippen MR) is 97.2 cm³/mol. The lowest BCUT2D eigenvalue weighted by Crippen LogP contribution is -2.39. The number of hydrogen-bond acceptors (Lipinski definition) is 4. The fourth-order valence-corrected chi connectivity index (χ4v) is 2.81. The fraction of sp³-hybridized carbons (Fsp3) is 0.647. The molecule has 5 nitrogen and oxygen atoms in total. The van der Waals surface area contributed by atoms with Crippen molar-refractivity contribution < 1.29 is 9.53 Å². The largest absolute Gasteiger partial charge is 0.463 e. The Morgan fingerprint density at radius 2 is 2.13 bits per heavy atom. The molecule has 130 valence electrons. The van der Waals surface area contributed by atoms with Crippen LogP contribution in [0, 0.1) is 0 Å². The van der Waals surface area contributed by atoms with Crippen LogP contribution in [0.5, 0.6) is 0 Å². The molecule has 0 spiro atoms. The molecular weight excluding hydrogens is 310 g/mol. The first-order valence-corrected chi connectivity index (χ1v) is 8.98. The average Bonchev–Trinajstić information content (AvgIpc) is 2.99. The van der Waals surface area contributed by atoms with Gasteiger partial charge in [0.2, 0.25) is 0 Å². The molecule has 0 unspecified atom stereocenters. The molecule has 0 aliphatic rings. The van der Waals surface area contributed by atoms with Gasteiger partial charge in [0.05, 0.1) is 19.1 Å². The summed E-state index contributed by atoms with van der Waals surface area (Å²) in [5, 5.41) is 8.48. The van der Waals surface area contributed by atoms with Crippen LogP contribution in [-0.4, -0.2) is 37.7 Å². The summed E-state index contributed by atoms with van der Waals surface area (Å²) in [6.07, 6.45) is 0.257. The maximum Gasteiger partial charge on any atom is 0.307 e. The van der Waals surface area contributed by atoms with Crippen molar-refractivity contribution in [1.29, 1.82) is 0 Å². The van der Waals surface area contributed by atoms with Crippen molar-refractivity contribution in [2.45, 2.75) is 52.6 Å². The average molecular weight is 340 g/mol. The van der Waals surface area contributed by atoms with Crippen LogP contribution < -0.4 is 10.6 Å². The minimum absolute atomic E-state index is 0.00685. The summed E-state index contributed by atoms with van der Waals surface area (Å²) < 4.78 is 5.12. The van der Waals surface area contributed by atoms with Crippen LogP contribution in [0.3, 0.4) is 0 Å². The highest BCUT2D eigenvalue weighted by atomic mass is 32.1. The maximum absolute atomic E-state index is 11.5. The van der Waals surface area contributed by atoms with E-state index in [1.807, 2.05) is 20.8 Å². The monoisotopic (exact) mass is 339 g/mol. The Bertz CT molecular complexity index is 496. The van der Waals surface area contributed by atoms with Crippen molar-refractivity contribution in [1.82, 2.24) is 10.6 Å². The standard InChI is InChI=1S/C17H29N3O2S/c1-6-18-16(19-10-9-15(21)22-13(2)3)20-12-17(4,5)14-8-7-11-23-14/h7-8,11,13H,6,9-10,12H2,1-5H3,(H2,18,19,20). The summed E-state index contributed by atoms with van der Waals surface area (Å²) in [6.45, 7) is 12.1. The van der Waals surface area contributed by atoms with Crippen molar-refractivity contribution >= 4 is 23.3 Å². The van der Waals surface area contributed by atoms with Crippen LogP contribution in [0.4, 0.5) is 0 Å². The summed E-state index contributed by atoms with van der Waals surface area (Å²) in [7, 11) is 0. The molecule has 0 atom stereocenters. The Labute approximate surface area is 143 Å².